The first-order valence-electron chi connectivity index (χ1n) is 8.75. The van der Waals surface area contributed by atoms with Crippen LogP contribution in [0, 0.1) is 5.92 Å². The van der Waals surface area contributed by atoms with Crippen LogP contribution in [0.1, 0.15) is 32.5 Å². The molecule has 2 amide bonds. The van der Waals surface area contributed by atoms with Gasteiger partial charge in [-0.05, 0) is 5.92 Å². The number of amides is 2. The van der Waals surface area contributed by atoms with Gasteiger partial charge in [-0.2, -0.15) is 4.98 Å². The number of halogens is 2. The van der Waals surface area contributed by atoms with Gasteiger partial charge in [0.05, 0.1) is 19.1 Å². The fraction of sp³-hybridized carbons (Fsp3) is 0.750. The lowest BCUT2D eigenvalue weighted by Gasteiger charge is -2.34. The number of rotatable bonds is 7. The lowest BCUT2D eigenvalue weighted by Crippen LogP contribution is -2.52. The minimum Gasteiger partial charge on any atom is -0.346 e. The van der Waals surface area contributed by atoms with E-state index in [-0.39, 0.29) is 49.1 Å². The van der Waals surface area contributed by atoms with E-state index >= 15 is 0 Å². The monoisotopic (exact) mass is 424 g/mol. The van der Waals surface area contributed by atoms with E-state index in [0.29, 0.717) is 31.3 Å². The Kier molecular flexibility index (Phi) is 11.5. The van der Waals surface area contributed by atoms with Crippen LogP contribution in [0.2, 0.25) is 0 Å². The summed E-state index contributed by atoms with van der Waals surface area (Å²) in [6.07, 6.45) is 0.724. The number of nitrogens with two attached hydrogens (primary N) is 1. The molecule has 1 aromatic rings. The van der Waals surface area contributed by atoms with Crippen LogP contribution in [0.15, 0.2) is 4.52 Å². The molecule has 0 saturated carbocycles. The summed E-state index contributed by atoms with van der Waals surface area (Å²) in [4.78, 5) is 32.3. The predicted molar refractivity (Wildman–Crippen MR) is 106 cm³/mol. The Morgan fingerprint density at radius 2 is 1.85 bits per heavy atom. The van der Waals surface area contributed by atoms with E-state index in [9.17, 15) is 9.59 Å². The summed E-state index contributed by atoms with van der Waals surface area (Å²) in [7, 11) is 0. The predicted octanol–water partition coefficient (Wildman–Crippen LogP) is 0.219. The molecule has 0 bridgehead atoms. The van der Waals surface area contributed by atoms with Gasteiger partial charge in [0.15, 0.2) is 5.82 Å². The fourth-order valence-electron chi connectivity index (χ4n) is 2.55. The third-order valence-corrected chi connectivity index (χ3v) is 4.34. The maximum Gasteiger partial charge on any atom is 0.242 e. The zero-order valence-corrected chi connectivity index (χ0v) is 17.6. The molecule has 11 heteroatoms. The number of carbonyl (C=O) groups excluding carboxylic acids is 2. The Labute approximate surface area is 172 Å². The zero-order valence-electron chi connectivity index (χ0n) is 16.0. The molecule has 0 radical (unpaired) electrons. The molecule has 2 heterocycles. The van der Waals surface area contributed by atoms with Crippen LogP contribution in [0.5, 0.6) is 0 Å². The highest BCUT2D eigenvalue weighted by molar-refractivity contribution is 5.87. The van der Waals surface area contributed by atoms with E-state index in [0.717, 1.165) is 19.5 Å². The quantitative estimate of drug-likeness (QED) is 0.642. The van der Waals surface area contributed by atoms with Crippen LogP contribution < -0.4 is 11.1 Å². The first-order chi connectivity index (χ1) is 11.9. The third kappa shape index (κ3) is 7.61. The molecular formula is C16H30Cl2N6O3. The van der Waals surface area contributed by atoms with Crippen molar-refractivity contribution < 1.29 is 14.1 Å². The van der Waals surface area contributed by atoms with E-state index < -0.39 is 6.04 Å². The van der Waals surface area contributed by atoms with Gasteiger partial charge in [-0.15, -0.1) is 24.8 Å². The Bertz CT molecular complexity index is 590. The summed E-state index contributed by atoms with van der Waals surface area (Å²) in [5, 5.41) is 6.57. The van der Waals surface area contributed by atoms with Crippen molar-refractivity contribution in [3.8, 4) is 0 Å². The van der Waals surface area contributed by atoms with Gasteiger partial charge in [-0.1, -0.05) is 25.9 Å². The second-order valence-corrected chi connectivity index (χ2v) is 6.60. The Morgan fingerprint density at radius 3 is 2.37 bits per heavy atom. The van der Waals surface area contributed by atoms with Crippen LogP contribution in [0.4, 0.5) is 0 Å². The Morgan fingerprint density at radius 1 is 1.22 bits per heavy atom. The normalized spacial score (nSPS) is 15.7. The molecule has 2 rings (SSSR count). The average molecular weight is 425 g/mol. The maximum absolute atomic E-state index is 12.2. The van der Waals surface area contributed by atoms with E-state index in [1.807, 2.05) is 20.8 Å². The van der Waals surface area contributed by atoms with Gasteiger partial charge in [0, 0.05) is 32.6 Å². The van der Waals surface area contributed by atoms with Crippen molar-refractivity contribution in [2.75, 3.05) is 32.7 Å². The van der Waals surface area contributed by atoms with Crippen LogP contribution in [-0.2, 0) is 22.6 Å². The van der Waals surface area contributed by atoms with Crippen molar-refractivity contribution in [3.05, 3.63) is 11.7 Å². The molecule has 0 spiro atoms. The summed E-state index contributed by atoms with van der Waals surface area (Å²) < 4.78 is 5.10. The van der Waals surface area contributed by atoms with Gasteiger partial charge in [0.25, 0.3) is 0 Å². The number of nitrogens with one attached hydrogen (secondary N) is 1. The highest BCUT2D eigenvalue weighted by atomic mass is 35.5. The standard InChI is InChI=1S/C16H28N6O3.2ClH/c1-4-13-19-12(20-25-13)10-21-5-7-22(8-6-21)14(23)9-18-16(24)15(17)11(2)3;;/h11,15H,4-10,17H2,1-3H3,(H,18,24);2*1H/t15-;;/m0../s1. The second-order valence-electron chi connectivity index (χ2n) is 6.60. The molecule has 1 aromatic heterocycles. The lowest BCUT2D eigenvalue weighted by atomic mass is 10.1. The lowest BCUT2D eigenvalue weighted by molar-refractivity contribution is -0.134. The van der Waals surface area contributed by atoms with Gasteiger partial charge in [-0.25, -0.2) is 0 Å². The maximum atomic E-state index is 12.2. The van der Waals surface area contributed by atoms with Gasteiger partial charge < -0.3 is 20.5 Å². The van der Waals surface area contributed by atoms with E-state index in [4.69, 9.17) is 10.3 Å². The smallest absolute Gasteiger partial charge is 0.242 e. The molecule has 1 saturated heterocycles. The molecule has 1 aliphatic rings. The molecule has 1 fully saturated rings. The molecule has 9 nitrogen and oxygen atoms in total. The van der Waals surface area contributed by atoms with E-state index in [2.05, 4.69) is 20.4 Å². The number of aryl methyl sites for hydroxylation is 1. The minimum absolute atomic E-state index is 0. The number of hydrogen-bond acceptors (Lipinski definition) is 7. The molecule has 0 unspecified atom stereocenters. The molecule has 3 N–H and O–H groups in total. The fourth-order valence-corrected chi connectivity index (χ4v) is 2.55. The van der Waals surface area contributed by atoms with Gasteiger partial charge >= 0.3 is 0 Å². The molecular weight excluding hydrogens is 395 g/mol. The molecule has 0 aliphatic carbocycles. The van der Waals surface area contributed by atoms with Crippen molar-refractivity contribution in [2.24, 2.45) is 11.7 Å². The molecule has 1 aliphatic heterocycles. The highest BCUT2D eigenvalue weighted by Gasteiger charge is 2.23. The van der Waals surface area contributed by atoms with Crippen molar-refractivity contribution in [1.29, 1.82) is 0 Å². The average Bonchev–Trinajstić information content (AvgIpc) is 3.06. The number of carbonyl (C=O) groups is 2. The summed E-state index contributed by atoms with van der Waals surface area (Å²) in [6, 6.07) is -0.590. The molecule has 156 valence electrons. The first kappa shape index (κ1) is 25.6. The number of hydrogen-bond donors (Lipinski definition) is 2. The molecule has 0 aromatic carbocycles. The van der Waals surface area contributed by atoms with Crippen LogP contribution in [0.25, 0.3) is 0 Å². The molecule has 27 heavy (non-hydrogen) atoms. The van der Waals surface area contributed by atoms with E-state index in [1.54, 1.807) is 4.90 Å². The second kappa shape index (κ2) is 12.1. The molecule has 1 atom stereocenters. The summed E-state index contributed by atoms with van der Waals surface area (Å²) in [5.74, 6) is 0.977. The minimum atomic E-state index is -0.590. The van der Waals surface area contributed by atoms with Gasteiger partial charge in [0.1, 0.15) is 0 Å². The summed E-state index contributed by atoms with van der Waals surface area (Å²) in [5.41, 5.74) is 5.76. The van der Waals surface area contributed by atoms with Crippen molar-refractivity contribution in [1.82, 2.24) is 25.3 Å². The van der Waals surface area contributed by atoms with Crippen molar-refractivity contribution in [2.45, 2.75) is 39.8 Å². The van der Waals surface area contributed by atoms with Crippen molar-refractivity contribution in [3.63, 3.8) is 0 Å². The summed E-state index contributed by atoms with van der Waals surface area (Å²) >= 11 is 0. The number of piperazine rings is 1. The SMILES string of the molecule is CCc1nc(CN2CCN(C(=O)CNC(=O)[C@@H](N)C(C)C)CC2)no1.Cl.Cl. The number of aromatic nitrogens is 2. The number of nitrogens with zero attached hydrogens (tertiary/aromatic N) is 4. The van der Waals surface area contributed by atoms with E-state index in [1.165, 1.54) is 0 Å². The summed E-state index contributed by atoms with van der Waals surface area (Å²) in [6.45, 7) is 9.02. The highest BCUT2D eigenvalue weighted by Crippen LogP contribution is 2.07. The zero-order chi connectivity index (χ0) is 18.4. The van der Waals surface area contributed by atoms with Crippen LogP contribution in [0.3, 0.4) is 0 Å². The van der Waals surface area contributed by atoms with Crippen LogP contribution in [-0.4, -0.2) is 70.5 Å². The first-order valence-corrected chi connectivity index (χ1v) is 8.75. The Hall–Kier alpha value is -1.42. The van der Waals surface area contributed by atoms with Crippen LogP contribution >= 0.6 is 24.8 Å². The largest absolute Gasteiger partial charge is 0.346 e. The van der Waals surface area contributed by atoms with Crippen molar-refractivity contribution >= 4 is 36.6 Å². The topological polar surface area (TPSA) is 118 Å². The van der Waals surface area contributed by atoms with Gasteiger partial charge in [-0.3, -0.25) is 14.5 Å². The third-order valence-electron chi connectivity index (χ3n) is 4.34. The van der Waals surface area contributed by atoms with Gasteiger partial charge in [0.2, 0.25) is 17.7 Å². The Balaban J connectivity index is 0.00000338.